The highest BCUT2D eigenvalue weighted by molar-refractivity contribution is 5.95. The lowest BCUT2D eigenvalue weighted by atomic mass is 10.00. The van der Waals surface area contributed by atoms with Gasteiger partial charge in [-0.1, -0.05) is 37.3 Å². The molecule has 1 aromatic heterocycles. The van der Waals surface area contributed by atoms with E-state index in [2.05, 4.69) is 46.1 Å². The Kier molecular flexibility index (Phi) is 8.05. The number of fused-ring (bicyclic) bond motifs is 1. The van der Waals surface area contributed by atoms with Crippen LogP contribution in [0.25, 0.3) is 10.8 Å². The van der Waals surface area contributed by atoms with E-state index in [1.807, 2.05) is 20.8 Å². The molecule has 33 heavy (non-hydrogen) atoms. The van der Waals surface area contributed by atoms with E-state index in [1.165, 1.54) is 0 Å². The molecule has 0 aliphatic heterocycles. The molecule has 1 amide bonds. The van der Waals surface area contributed by atoms with Crippen LogP contribution >= 0.6 is 0 Å². The number of carbonyl (C=O) groups excluding carboxylic acids is 1. The van der Waals surface area contributed by atoms with Crippen LogP contribution in [-0.2, 0) is 0 Å². The Morgan fingerprint density at radius 1 is 1.12 bits per heavy atom. The number of carbonyl (C=O) groups is 1. The Hall–Kier alpha value is -3.40. The minimum atomic E-state index is -0.606. The third-order valence-corrected chi connectivity index (χ3v) is 5.73. The highest BCUT2D eigenvalue weighted by Crippen LogP contribution is 2.25. The zero-order chi connectivity index (χ0) is 24.0. The molecule has 2 aromatic carbocycles. The zero-order valence-electron chi connectivity index (χ0n) is 19.8. The Bertz CT molecular complexity index is 1190. The zero-order valence-corrected chi connectivity index (χ0v) is 19.8. The molecule has 3 rings (SSSR count). The Morgan fingerprint density at radius 2 is 1.82 bits per heavy atom. The largest absolute Gasteiger partial charge is 0.390 e. The second-order valence-corrected chi connectivity index (χ2v) is 8.24. The van der Waals surface area contributed by atoms with Crippen LogP contribution in [-0.4, -0.2) is 53.2 Å². The number of pyridine rings is 1. The summed E-state index contributed by atoms with van der Waals surface area (Å²) in [6.07, 6.45) is 1.18. The molecule has 0 aliphatic rings. The van der Waals surface area contributed by atoms with Crippen LogP contribution < -0.4 is 11.1 Å². The molecule has 1 atom stereocenters. The quantitative estimate of drug-likeness (QED) is 0.487. The molecule has 0 radical (unpaired) electrons. The van der Waals surface area contributed by atoms with E-state index in [-0.39, 0.29) is 12.5 Å². The number of hydrogen-bond acceptors (Lipinski definition) is 5. The summed E-state index contributed by atoms with van der Waals surface area (Å²) < 4.78 is 0. The van der Waals surface area contributed by atoms with Gasteiger partial charge in [-0.3, -0.25) is 4.79 Å². The van der Waals surface area contributed by atoms with Crippen molar-refractivity contribution < 1.29 is 9.90 Å². The average Bonchev–Trinajstić information content (AvgIpc) is 2.80. The van der Waals surface area contributed by atoms with Gasteiger partial charge >= 0.3 is 0 Å². The first-order valence-electron chi connectivity index (χ1n) is 11.3. The number of nitrogen functional groups attached to an aromatic ring is 1. The summed E-state index contributed by atoms with van der Waals surface area (Å²) in [5.74, 6) is 6.49. The summed E-state index contributed by atoms with van der Waals surface area (Å²) >= 11 is 0. The molecule has 0 saturated carbocycles. The maximum absolute atomic E-state index is 12.4. The third-order valence-electron chi connectivity index (χ3n) is 5.73. The summed E-state index contributed by atoms with van der Waals surface area (Å²) in [7, 11) is 0. The summed E-state index contributed by atoms with van der Waals surface area (Å²) in [5, 5.41) is 15.0. The number of rotatable bonds is 7. The van der Waals surface area contributed by atoms with Crippen molar-refractivity contribution in [1.82, 2.24) is 15.2 Å². The van der Waals surface area contributed by atoms with Crippen molar-refractivity contribution in [1.29, 1.82) is 0 Å². The highest BCUT2D eigenvalue weighted by atomic mass is 16.3. The lowest BCUT2D eigenvalue weighted by molar-refractivity contribution is 0.0869. The fourth-order valence-electron chi connectivity index (χ4n) is 3.82. The lowest BCUT2D eigenvalue weighted by Gasteiger charge is -2.22. The van der Waals surface area contributed by atoms with Gasteiger partial charge in [0.05, 0.1) is 11.7 Å². The number of aryl methyl sites for hydroxylation is 2. The van der Waals surface area contributed by atoms with E-state index in [4.69, 9.17) is 5.73 Å². The van der Waals surface area contributed by atoms with E-state index in [0.29, 0.717) is 23.5 Å². The minimum absolute atomic E-state index is 0.211. The number of likely N-dealkylation sites (N-methyl/N-ethyl adjacent to an activating group) is 1. The SMILES string of the molecule is CCN(CC)CC(O)CNC(=O)c1ccc(C#Cc2c(N)ncc3c(C)cc(C)cc23)cc1. The molecular weight excluding hydrogens is 412 g/mol. The molecule has 1 unspecified atom stereocenters. The number of nitrogens with zero attached hydrogens (tertiary/aromatic N) is 2. The van der Waals surface area contributed by atoms with Crippen molar-refractivity contribution in [2.24, 2.45) is 0 Å². The second-order valence-electron chi connectivity index (χ2n) is 8.24. The summed E-state index contributed by atoms with van der Waals surface area (Å²) in [6.45, 7) is 10.7. The fourth-order valence-corrected chi connectivity index (χ4v) is 3.82. The minimum Gasteiger partial charge on any atom is -0.390 e. The summed E-state index contributed by atoms with van der Waals surface area (Å²) in [5.41, 5.74) is 10.4. The maximum atomic E-state index is 12.4. The van der Waals surface area contributed by atoms with Gasteiger partial charge in [-0.15, -0.1) is 0 Å². The van der Waals surface area contributed by atoms with Gasteiger partial charge in [-0.25, -0.2) is 4.98 Å². The first-order chi connectivity index (χ1) is 15.8. The fraction of sp³-hybridized carbons (Fsp3) is 0.333. The van der Waals surface area contributed by atoms with E-state index in [9.17, 15) is 9.90 Å². The molecule has 1 heterocycles. The number of nitrogens with one attached hydrogen (secondary N) is 1. The van der Waals surface area contributed by atoms with Crippen molar-refractivity contribution >= 4 is 22.5 Å². The lowest BCUT2D eigenvalue weighted by Crippen LogP contribution is -2.40. The van der Waals surface area contributed by atoms with Gasteiger partial charge in [0.25, 0.3) is 5.91 Å². The van der Waals surface area contributed by atoms with Gasteiger partial charge in [0, 0.05) is 41.2 Å². The number of aliphatic hydroxyl groups excluding tert-OH is 1. The molecule has 0 fully saturated rings. The van der Waals surface area contributed by atoms with Crippen molar-refractivity contribution in [2.45, 2.75) is 33.8 Å². The number of nitrogens with two attached hydrogens (primary N) is 1. The monoisotopic (exact) mass is 444 g/mol. The third kappa shape index (κ3) is 6.10. The predicted molar refractivity (Wildman–Crippen MR) is 134 cm³/mol. The van der Waals surface area contributed by atoms with Gasteiger partial charge in [0.2, 0.25) is 0 Å². The topological polar surface area (TPSA) is 91.5 Å². The predicted octanol–water partition coefficient (Wildman–Crippen LogP) is 3.27. The Labute approximate surface area is 195 Å². The molecule has 3 aromatic rings. The molecule has 0 saturated heterocycles. The van der Waals surface area contributed by atoms with E-state index in [0.717, 1.165) is 40.6 Å². The van der Waals surface area contributed by atoms with Crippen LogP contribution in [0.4, 0.5) is 5.82 Å². The molecule has 0 spiro atoms. The van der Waals surface area contributed by atoms with Gasteiger partial charge in [0.1, 0.15) is 5.82 Å². The molecule has 6 nitrogen and oxygen atoms in total. The second kappa shape index (κ2) is 11.0. The molecule has 172 valence electrons. The van der Waals surface area contributed by atoms with E-state index in [1.54, 1.807) is 30.5 Å². The molecule has 6 heteroatoms. The van der Waals surface area contributed by atoms with Crippen LogP contribution in [0.1, 0.15) is 46.5 Å². The Balaban J connectivity index is 1.71. The number of benzene rings is 2. The average molecular weight is 445 g/mol. The van der Waals surface area contributed by atoms with Crippen molar-refractivity contribution in [2.75, 3.05) is 31.9 Å². The number of aromatic nitrogens is 1. The van der Waals surface area contributed by atoms with Crippen molar-refractivity contribution in [3.63, 3.8) is 0 Å². The van der Waals surface area contributed by atoms with E-state index >= 15 is 0 Å². The first kappa shape index (κ1) is 24.2. The molecular formula is C27H32N4O2. The van der Waals surface area contributed by atoms with E-state index < -0.39 is 6.10 Å². The van der Waals surface area contributed by atoms with Crippen molar-refractivity contribution in [3.05, 3.63) is 70.4 Å². The number of anilines is 1. The molecule has 4 N–H and O–H groups in total. The van der Waals surface area contributed by atoms with Crippen LogP contribution in [0.3, 0.4) is 0 Å². The highest BCUT2D eigenvalue weighted by Gasteiger charge is 2.12. The van der Waals surface area contributed by atoms with Gasteiger partial charge < -0.3 is 21.1 Å². The molecule has 0 aliphatic carbocycles. The van der Waals surface area contributed by atoms with Crippen LogP contribution in [0.2, 0.25) is 0 Å². The van der Waals surface area contributed by atoms with Gasteiger partial charge in [-0.05, 0) is 62.8 Å². The standard InChI is InChI=1S/C27H32N4O2/c1-5-31(6-2)17-22(32)15-30-27(33)21-10-7-20(8-11-21)9-12-23-24-14-18(3)13-19(4)25(24)16-29-26(23)28/h7-8,10-11,13-14,16,22,32H,5-6,15,17H2,1-4H3,(H2,28,29)(H,30,33). The molecule has 0 bridgehead atoms. The Morgan fingerprint density at radius 3 is 2.48 bits per heavy atom. The normalized spacial score (nSPS) is 11.8. The van der Waals surface area contributed by atoms with Crippen molar-refractivity contribution in [3.8, 4) is 11.8 Å². The summed E-state index contributed by atoms with van der Waals surface area (Å²) in [6, 6.07) is 11.3. The van der Waals surface area contributed by atoms with Gasteiger partial charge in [0.15, 0.2) is 0 Å². The number of hydrogen-bond donors (Lipinski definition) is 3. The van der Waals surface area contributed by atoms with Crippen LogP contribution in [0.15, 0.2) is 42.6 Å². The van der Waals surface area contributed by atoms with Gasteiger partial charge in [-0.2, -0.15) is 0 Å². The van der Waals surface area contributed by atoms with Crippen LogP contribution in [0.5, 0.6) is 0 Å². The smallest absolute Gasteiger partial charge is 0.251 e. The van der Waals surface area contributed by atoms with Crippen LogP contribution in [0, 0.1) is 25.7 Å². The summed E-state index contributed by atoms with van der Waals surface area (Å²) in [4.78, 5) is 18.8. The maximum Gasteiger partial charge on any atom is 0.251 e. The number of aliphatic hydroxyl groups is 1. The number of amides is 1. The first-order valence-corrected chi connectivity index (χ1v) is 11.3.